The maximum Gasteiger partial charge on any atom is 0.411 e. The Morgan fingerprint density at radius 2 is 2.11 bits per heavy atom. The summed E-state index contributed by atoms with van der Waals surface area (Å²) in [6, 6.07) is 7.48. The van der Waals surface area contributed by atoms with Crippen molar-refractivity contribution in [3.8, 4) is 0 Å². The highest BCUT2D eigenvalue weighted by Crippen LogP contribution is 2.26. The van der Waals surface area contributed by atoms with Crippen molar-refractivity contribution in [3.05, 3.63) is 29.8 Å². The van der Waals surface area contributed by atoms with Crippen LogP contribution in [0.15, 0.2) is 24.3 Å². The zero-order valence-electron chi connectivity index (χ0n) is 11.4. The third-order valence-electron chi connectivity index (χ3n) is 3.60. The quantitative estimate of drug-likeness (QED) is 0.878. The second-order valence-electron chi connectivity index (χ2n) is 5.33. The highest BCUT2D eigenvalue weighted by molar-refractivity contribution is 5.84. The van der Waals surface area contributed by atoms with E-state index in [0.29, 0.717) is 12.5 Å². The van der Waals surface area contributed by atoms with E-state index < -0.39 is 0 Å². The predicted octanol–water partition coefficient (Wildman–Crippen LogP) is 3.27. The Hall–Kier alpha value is -1.55. The molecule has 4 nitrogen and oxygen atoms in total. The molecule has 1 fully saturated rings. The lowest BCUT2D eigenvalue weighted by molar-refractivity contribution is 0.0724. The molecule has 2 atom stereocenters. The molecule has 1 amide bonds. The van der Waals surface area contributed by atoms with Crippen LogP contribution in [0.1, 0.15) is 38.2 Å². The van der Waals surface area contributed by atoms with Gasteiger partial charge in [-0.05, 0) is 42.9 Å². The minimum atomic E-state index is -0.361. The third-order valence-corrected chi connectivity index (χ3v) is 3.60. The number of rotatable bonds is 3. The molecule has 0 heterocycles. The van der Waals surface area contributed by atoms with Crippen LogP contribution in [0.2, 0.25) is 0 Å². The van der Waals surface area contributed by atoms with Crippen LogP contribution in [-0.2, 0) is 11.3 Å². The zero-order chi connectivity index (χ0) is 13.7. The summed E-state index contributed by atoms with van der Waals surface area (Å²) in [5.41, 5.74) is 7.31. The monoisotopic (exact) mass is 262 g/mol. The van der Waals surface area contributed by atoms with Crippen molar-refractivity contribution in [1.29, 1.82) is 0 Å². The number of benzene rings is 1. The average molecular weight is 262 g/mol. The maximum atomic E-state index is 11.8. The zero-order valence-corrected chi connectivity index (χ0v) is 11.4. The summed E-state index contributed by atoms with van der Waals surface area (Å²) in [6.07, 6.45) is 4.03. The van der Waals surface area contributed by atoms with E-state index in [4.69, 9.17) is 10.5 Å². The fourth-order valence-corrected chi connectivity index (χ4v) is 2.51. The number of amides is 1. The Morgan fingerprint density at radius 3 is 2.74 bits per heavy atom. The van der Waals surface area contributed by atoms with E-state index in [9.17, 15) is 4.79 Å². The smallest absolute Gasteiger partial charge is 0.411 e. The Balaban J connectivity index is 1.83. The Morgan fingerprint density at radius 1 is 1.37 bits per heavy atom. The number of nitrogens with two attached hydrogens (primary N) is 1. The first-order valence-electron chi connectivity index (χ1n) is 6.94. The van der Waals surface area contributed by atoms with Gasteiger partial charge < -0.3 is 10.5 Å². The molecule has 0 spiro atoms. The number of hydrogen-bond acceptors (Lipinski definition) is 3. The number of ether oxygens (including phenoxy) is 1. The van der Waals surface area contributed by atoms with Gasteiger partial charge in [-0.2, -0.15) is 0 Å². The molecule has 3 N–H and O–H groups in total. The van der Waals surface area contributed by atoms with Crippen LogP contribution in [-0.4, -0.2) is 12.2 Å². The summed E-state index contributed by atoms with van der Waals surface area (Å²) < 4.78 is 5.45. The Kier molecular flexibility index (Phi) is 4.80. The van der Waals surface area contributed by atoms with Gasteiger partial charge in [-0.3, -0.25) is 5.32 Å². The van der Waals surface area contributed by atoms with Crippen molar-refractivity contribution >= 4 is 11.8 Å². The molecule has 1 aliphatic carbocycles. The third kappa shape index (κ3) is 4.24. The van der Waals surface area contributed by atoms with Gasteiger partial charge in [0, 0.05) is 12.2 Å². The van der Waals surface area contributed by atoms with Gasteiger partial charge in [0.25, 0.3) is 0 Å². The lowest BCUT2D eigenvalue weighted by atomic mass is 9.89. The van der Waals surface area contributed by atoms with Crippen molar-refractivity contribution in [2.75, 3.05) is 5.32 Å². The number of hydrogen-bond donors (Lipinski definition) is 2. The molecule has 0 aliphatic heterocycles. The fourth-order valence-electron chi connectivity index (χ4n) is 2.51. The van der Waals surface area contributed by atoms with Crippen molar-refractivity contribution in [1.82, 2.24) is 0 Å². The summed E-state index contributed by atoms with van der Waals surface area (Å²) in [5, 5.41) is 2.75. The van der Waals surface area contributed by atoms with Crippen molar-refractivity contribution < 1.29 is 9.53 Å². The van der Waals surface area contributed by atoms with Crippen LogP contribution in [0.5, 0.6) is 0 Å². The van der Waals surface area contributed by atoms with Crippen molar-refractivity contribution in [3.63, 3.8) is 0 Å². The average Bonchev–Trinajstić information content (AvgIpc) is 2.39. The van der Waals surface area contributed by atoms with Crippen LogP contribution in [0.3, 0.4) is 0 Å². The first-order chi connectivity index (χ1) is 9.17. The summed E-state index contributed by atoms with van der Waals surface area (Å²) >= 11 is 0. The molecule has 2 rings (SSSR count). The Bertz CT molecular complexity index is 417. The van der Waals surface area contributed by atoms with Gasteiger partial charge in [-0.25, -0.2) is 4.79 Å². The van der Waals surface area contributed by atoms with Crippen LogP contribution in [0, 0.1) is 5.92 Å². The molecule has 19 heavy (non-hydrogen) atoms. The molecule has 0 aromatic heterocycles. The SMILES string of the molecule is CC1CCCC(OC(=O)Nc2ccc(CN)cc2)C1. The second-order valence-corrected chi connectivity index (χ2v) is 5.33. The fraction of sp³-hybridized carbons (Fsp3) is 0.533. The van der Waals surface area contributed by atoms with Crippen LogP contribution < -0.4 is 11.1 Å². The standard InChI is InChI=1S/C15H22N2O2/c1-11-3-2-4-14(9-11)19-15(18)17-13-7-5-12(10-16)6-8-13/h5-8,11,14H,2-4,9-10,16H2,1H3,(H,17,18). The minimum absolute atomic E-state index is 0.0621. The number of anilines is 1. The van der Waals surface area contributed by atoms with Gasteiger partial charge in [0.05, 0.1) is 0 Å². The number of nitrogens with one attached hydrogen (secondary N) is 1. The summed E-state index contributed by atoms with van der Waals surface area (Å²) in [6.45, 7) is 2.71. The highest BCUT2D eigenvalue weighted by Gasteiger charge is 2.22. The van der Waals surface area contributed by atoms with Gasteiger partial charge >= 0.3 is 6.09 Å². The molecular formula is C15H22N2O2. The maximum absolute atomic E-state index is 11.8. The van der Waals surface area contributed by atoms with E-state index in [-0.39, 0.29) is 12.2 Å². The molecular weight excluding hydrogens is 240 g/mol. The van der Waals surface area contributed by atoms with E-state index in [2.05, 4.69) is 12.2 Å². The van der Waals surface area contributed by atoms with E-state index in [1.54, 1.807) is 0 Å². The molecule has 1 aromatic carbocycles. The number of carbonyl (C=O) groups excluding carboxylic acids is 1. The normalized spacial score (nSPS) is 22.8. The van der Waals surface area contributed by atoms with Crippen LogP contribution in [0.25, 0.3) is 0 Å². The highest BCUT2D eigenvalue weighted by atomic mass is 16.6. The molecule has 0 bridgehead atoms. The van der Waals surface area contributed by atoms with Crippen LogP contribution >= 0.6 is 0 Å². The van der Waals surface area contributed by atoms with Gasteiger partial charge in [0.15, 0.2) is 0 Å². The van der Waals surface area contributed by atoms with E-state index in [1.165, 1.54) is 6.42 Å². The van der Waals surface area contributed by atoms with Gasteiger partial charge in [0.1, 0.15) is 6.10 Å². The minimum Gasteiger partial charge on any atom is -0.446 e. The Labute approximate surface area is 114 Å². The van der Waals surface area contributed by atoms with Gasteiger partial charge in [-0.15, -0.1) is 0 Å². The van der Waals surface area contributed by atoms with Crippen molar-refractivity contribution in [2.45, 2.75) is 45.3 Å². The first kappa shape index (κ1) is 13.9. The summed E-state index contributed by atoms with van der Waals surface area (Å²) in [7, 11) is 0. The van der Waals surface area contributed by atoms with Crippen LogP contribution in [0.4, 0.5) is 10.5 Å². The summed E-state index contributed by atoms with van der Waals surface area (Å²) in [4.78, 5) is 11.8. The van der Waals surface area contributed by atoms with E-state index in [1.807, 2.05) is 24.3 Å². The van der Waals surface area contributed by atoms with Crippen molar-refractivity contribution in [2.24, 2.45) is 11.7 Å². The van der Waals surface area contributed by atoms with E-state index >= 15 is 0 Å². The molecule has 1 aromatic rings. The summed E-state index contributed by atoms with van der Waals surface area (Å²) in [5.74, 6) is 0.649. The molecule has 0 saturated heterocycles. The number of carbonyl (C=O) groups is 1. The predicted molar refractivity (Wildman–Crippen MR) is 75.9 cm³/mol. The first-order valence-corrected chi connectivity index (χ1v) is 6.94. The topological polar surface area (TPSA) is 64.3 Å². The van der Waals surface area contributed by atoms with Gasteiger partial charge in [0.2, 0.25) is 0 Å². The molecule has 0 radical (unpaired) electrons. The van der Waals surface area contributed by atoms with E-state index in [0.717, 1.165) is 30.5 Å². The molecule has 104 valence electrons. The molecule has 1 saturated carbocycles. The lowest BCUT2D eigenvalue weighted by Crippen LogP contribution is -2.27. The molecule has 1 aliphatic rings. The second kappa shape index (κ2) is 6.57. The molecule has 2 unspecified atom stereocenters. The lowest BCUT2D eigenvalue weighted by Gasteiger charge is -2.26. The largest absolute Gasteiger partial charge is 0.446 e. The molecule has 4 heteroatoms. The van der Waals surface area contributed by atoms with Gasteiger partial charge in [-0.1, -0.05) is 25.5 Å².